The number of fused-ring (bicyclic) bond motifs is 1. The first-order valence-electron chi connectivity index (χ1n) is 6.54. The summed E-state index contributed by atoms with van der Waals surface area (Å²) >= 11 is 0. The second kappa shape index (κ2) is 4.61. The van der Waals surface area contributed by atoms with E-state index in [1.165, 1.54) is 5.56 Å². The van der Waals surface area contributed by atoms with Crippen LogP contribution in [0.25, 0.3) is 0 Å². The molecule has 3 rings (SSSR count). The van der Waals surface area contributed by atoms with Gasteiger partial charge in [-0.3, -0.25) is 4.79 Å². The maximum Gasteiger partial charge on any atom is 0.227 e. The van der Waals surface area contributed by atoms with Crippen LogP contribution in [0.2, 0.25) is 0 Å². The number of nitrogen functional groups attached to an aromatic ring is 1. The summed E-state index contributed by atoms with van der Waals surface area (Å²) in [5, 5.41) is 0. The Bertz CT molecular complexity index is 467. The number of anilines is 2. The lowest BCUT2D eigenvalue weighted by Gasteiger charge is -2.31. The number of nitrogens with two attached hydrogens (primary N) is 1. The van der Waals surface area contributed by atoms with Crippen LogP contribution in [0.1, 0.15) is 24.8 Å². The molecular formula is C14H18N2O2. The first kappa shape index (κ1) is 11.5. The lowest BCUT2D eigenvalue weighted by atomic mass is 10.00. The molecule has 2 heterocycles. The lowest BCUT2D eigenvalue weighted by Crippen LogP contribution is -2.40. The predicted octanol–water partition coefficient (Wildman–Crippen LogP) is 1.73. The minimum absolute atomic E-state index is 0.192. The second-order valence-electron chi connectivity index (χ2n) is 5.03. The van der Waals surface area contributed by atoms with Crippen molar-refractivity contribution in [1.29, 1.82) is 0 Å². The monoisotopic (exact) mass is 246 g/mol. The largest absolute Gasteiger partial charge is 0.399 e. The van der Waals surface area contributed by atoms with E-state index in [4.69, 9.17) is 10.5 Å². The Morgan fingerprint density at radius 1 is 1.39 bits per heavy atom. The van der Waals surface area contributed by atoms with E-state index in [1.54, 1.807) is 0 Å². The maximum atomic E-state index is 12.1. The zero-order valence-corrected chi connectivity index (χ0v) is 10.4. The van der Waals surface area contributed by atoms with Crippen LogP contribution in [0.5, 0.6) is 0 Å². The Morgan fingerprint density at radius 3 is 3.06 bits per heavy atom. The van der Waals surface area contributed by atoms with Crippen molar-refractivity contribution >= 4 is 17.3 Å². The molecule has 0 spiro atoms. The van der Waals surface area contributed by atoms with Crippen molar-refractivity contribution in [3.05, 3.63) is 23.8 Å². The molecule has 4 heteroatoms. The van der Waals surface area contributed by atoms with Gasteiger partial charge in [0.25, 0.3) is 0 Å². The number of hydrogen-bond acceptors (Lipinski definition) is 3. The molecule has 0 saturated carbocycles. The Balaban J connectivity index is 1.86. The third kappa shape index (κ3) is 2.08. The highest BCUT2D eigenvalue weighted by molar-refractivity contribution is 5.96. The van der Waals surface area contributed by atoms with Gasteiger partial charge in [0.15, 0.2) is 0 Å². The summed E-state index contributed by atoms with van der Waals surface area (Å²) in [7, 11) is 0. The summed E-state index contributed by atoms with van der Waals surface area (Å²) < 4.78 is 5.62. The number of aryl methyl sites for hydroxylation is 1. The van der Waals surface area contributed by atoms with E-state index in [9.17, 15) is 4.79 Å². The minimum atomic E-state index is 0.192. The third-order valence-corrected chi connectivity index (χ3v) is 3.71. The van der Waals surface area contributed by atoms with Crippen LogP contribution in [0.15, 0.2) is 18.2 Å². The number of ether oxygens (including phenoxy) is 1. The van der Waals surface area contributed by atoms with Crippen molar-refractivity contribution in [2.75, 3.05) is 23.8 Å². The van der Waals surface area contributed by atoms with Gasteiger partial charge in [0.2, 0.25) is 5.91 Å². The molecule has 2 aliphatic heterocycles. The Kier molecular flexibility index (Phi) is 2.96. The first-order chi connectivity index (χ1) is 8.74. The summed E-state index contributed by atoms with van der Waals surface area (Å²) in [4.78, 5) is 13.9. The fourth-order valence-electron chi connectivity index (χ4n) is 2.77. The molecule has 1 saturated heterocycles. The summed E-state index contributed by atoms with van der Waals surface area (Å²) in [5.41, 5.74) is 8.75. The quantitative estimate of drug-likeness (QED) is 0.808. The summed E-state index contributed by atoms with van der Waals surface area (Å²) in [6, 6.07) is 5.79. The molecule has 0 aliphatic carbocycles. The number of hydrogen-bond donors (Lipinski definition) is 1. The lowest BCUT2D eigenvalue weighted by molar-refractivity contribution is -0.119. The zero-order valence-electron chi connectivity index (χ0n) is 10.4. The zero-order chi connectivity index (χ0) is 12.5. The number of carbonyl (C=O) groups excluding carboxylic acids is 1. The Morgan fingerprint density at radius 2 is 2.28 bits per heavy atom. The van der Waals surface area contributed by atoms with E-state index in [-0.39, 0.29) is 12.0 Å². The number of benzene rings is 1. The fraction of sp³-hybridized carbons (Fsp3) is 0.500. The number of rotatable bonds is 2. The van der Waals surface area contributed by atoms with Crippen LogP contribution in [-0.2, 0) is 16.0 Å². The van der Waals surface area contributed by atoms with Crippen LogP contribution in [0.4, 0.5) is 11.4 Å². The minimum Gasteiger partial charge on any atom is -0.399 e. The number of nitrogens with zero attached hydrogens (tertiary/aromatic N) is 1. The van der Waals surface area contributed by atoms with Crippen LogP contribution < -0.4 is 10.6 Å². The van der Waals surface area contributed by atoms with Gasteiger partial charge in [-0.05, 0) is 43.0 Å². The summed E-state index contributed by atoms with van der Waals surface area (Å²) in [6.07, 6.45) is 3.71. The molecule has 18 heavy (non-hydrogen) atoms. The maximum absolute atomic E-state index is 12.1. The third-order valence-electron chi connectivity index (χ3n) is 3.71. The van der Waals surface area contributed by atoms with Crippen molar-refractivity contribution in [3.8, 4) is 0 Å². The molecule has 0 aromatic heterocycles. The van der Waals surface area contributed by atoms with E-state index < -0.39 is 0 Å². The van der Waals surface area contributed by atoms with Crippen LogP contribution in [0.3, 0.4) is 0 Å². The first-order valence-corrected chi connectivity index (χ1v) is 6.54. The molecule has 1 amide bonds. The van der Waals surface area contributed by atoms with Crippen molar-refractivity contribution in [2.45, 2.75) is 31.8 Å². The SMILES string of the molecule is Nc1ccc2c(c1)CCC(=O)N2CC1CCCO1. The molecule has 96 valence electrons. The molecule has 1 fully saturated rings. The molecule has 1 atom stereocenters. The van der Waals surface area contributed by atoms with Gasteiger partial charge < -0.3 is 15.4 Å². The van der Waals surface area contributed by atoms with Crippen LogP contribution in [-0.4, -0.2) is 25.2 Å². The topological polar surface area (TPSA) is 55.6 Å². The van der Waals surface area contributed by atoms with Crippen molar-refractivity contribution in [2.24, 2.45) is 0 Å². The van der Waals surface area contributed by atoms with E-state index in [0.29, 0.717) is 13.0 Å². The Hall–Kier alpha value is -1.55. The number of amides is 1. The molecule has 4 nitrogen and oxygen atoms in total. The predicted molar refractivity (Wildman–Crippen MR) is 70.5 cm³/mol. The fourth-order valence-corrected chi connectivity index (χ4v) is 2.77. The van der Waals surface area contributed by atoms with Gasteiger partial charge in [0.1, 0.15) is 0 Å². The van der Waals surface area contributed by atoms with Gasteiger partial charge in [-0.25, -0.2) is 0 Å². The normalized spacial score (nSPS) is 23.2. The average molecular weight is 246 g/mol. The molecular weight excluding hydrogens is 228 g/mol. The van der Waals surface area contributed by atoms with Gasteiger partial charge in [-0.15, -0.1) is 0 Å². The van der Waals surface area contributed by atoms with E-state index >= 15 is 0 Å². The van der Waals surface area contributed by atoms with Crippen molar-refractivity contribution < 1.29 is 9.53 Å². The van der Waals surface area contributed by atoms with Gasteiger partial charge in [0.05, 0.1) is 12.6 Å². The van der Waals surface area contributed by atoms with Crippen LogP contribution >= 0.6 is 0 Å². The van der Waals surface area contributed by atoms with E-state index in [2.05, 4.69) is 0 Å². The van der Waals surface area contributed by atoms with E-state index in [1.807, 2.05) is 23.1 Å². The van der Waals surface area contributed by atoms with E-state index in [0.717, 1.165) is 37.2 Å². The standard InChI is InChI=1S/C14H18N2O2/c15-11-4-5-13-10(8-11)3-6-14(17)16(13)9-12-2-1-7-18-12/h4-5,8,12H,1-3,6-7,9,15H2. The Labute approximate surface area is 107 Å². The highest BCUT2D eigenvalue weighted by Gasteiger charge is 2.28. The van der Waals surface area contributed by atoms with Gasteiger partial charge in [-0.2, -0.15) is 0 Å². The average Bonchev–Trinajstić information content (AvgIpc) is 2.86. The molecule has 0 bridgehead atoms. The van der Waals surface area contributed by atoms with Gasteiger partial charge in [-0.1, -0.05) is 0 Å². The van der Waals surface area contributed by atoms with Crippen molar-refractivity contribution in [3.63, 3.8) is 0 Å². The highest BCUT2D eigenvalue weighted by Crippen LogP contribution is 2.30. The molecule has 0 radical (unpaired) electrons. The molecule has 1 aromatic rings. The van der Waals surface area contributed by atoms with Crippen LogP contribution in [0, 0.1) is 0 Å². The smallest absolute Gasteiger partial charge is 0.227 e. The van der Waals surface area contributed by atoms with Crippen molar-refractivity contribution in [1.82, 2.24) is 0 Å². The second-order valence-corrected chi connectivity index (χ2v) is 5.03. The highest BCUT2D eigenvalue weighted by atomic mass is 16.5. The molecule has 2 aliphatic rings. The summed E-state index contributed by atoms with van der Waals surface area (Å²) in [6.45, 7) is 1.50. The summed E-state index contributed by atoms with van der Waals surface area (Å²) in [5.74, 6) is 0.197. The molecule has 1 aromatic carbocycles. The molecule has 2 N–H and O–H groups in total. The van der Waals surface area contributed by atoms with Gasteiger partial charge in [0, 0.05) is 24.4 Å². The molecule has 1 unspecified atom stereocenters. The number of carbonyl (C=O) groups is 1. The van der Waals surface area contributed by atoms with Gasteiger partial charge >= 0.3 is 0 Å².